The first-order chi connectivity index (χ1) is 18.4. The molecule has 1 aromatic heterocycles. The number of likely N-dealkylation sites (tertiary alicyclic amines) is 3. The van der Waals surface area contributed by atoms with Crippen molar-refractivity contribution in [2.75, 3.05) is 39.3 Å². The molecule has 2 aromatic rings. The maximum atomic E-state index is 13.1. The number of hydrogen-bond donors (Lipinski definition) is 1. The van der Waals surface area contributed by atoms with Crippen molar-refractivity contribution in [2.45, 2.75) is 60.9 Å². The molecule has 13 heteroatoms. The van der Waals surface area contributed by atoms with E-state index in [1.165, 1.54) is 18.9 Å². The van der Waals surface area contributed by atoms with E-state index in [0.29, 0.717) is 37.0 Å². The zero-order valence-electron chi connectivity index (χ0n) is 21.5. The summed E-state index contributed by atoms with van der Waals surface area (Å²) < 4.78 is 62.4. The maximum Gasteiger partial charge on any atom is 0.501 e. The minimum atomic E-state index is -5.37. The Labute approximate surface area is 224 Å². The molecule has 2 aliphatic carbocycles. The number of carbonyl (C=O) groups is 1. The Bertz CT molecular complexity index is 1400. The fraction of sp³-hybridized carbons (Fsp3) is 0.654. The van der Waals surface area contributed by atoms with Gasteiger partial charge < -0.3 is 9.80 Å². The molecule has 0 unspecified atom stereocenters. The van der Waals surface area contributed by atoms with E-state index in [9.17, 15) is 26.4 Å². The standard InChI is InChI=1S/C26H31F3N6O3S/c27-26(28,29)39(37,38)20-3-1-2-17(8-20)11-33-7-6-24(12-33)13-34(14-24)23(36)35-15-25(16-35)9-19(10-25)22-30-21(31-32-22)18-4-5-18/h1-3,8,18-19H,4-7,9-16H2,(H,30,31,32). The van der Waals surface area contributed by atoms with Crippen LogP contribution in [0, 0.1) is 10.8 Å². The van der Waals surface area contributed by atoms with Gasteiger partial charge in [0.05, 0.1) is 4.90 Å². The third-order valence-electron chi connectivity index (χ3n) is 9.29. The summed E-state index contributed by atoms with van der Waals surface area (Å²) in [6.45, 7) is 4.81. The molecular weight excluding hydrogens is 533 g/mol. The summed E-state index contributed by atoms with van der Waals surface area (Å²) >= 11 is 0. The monoisotopic (exact) mass is 564 g/mol. The Morgan fingerprint density at radius 3 is 2.38 bits per heavy atom. The number of nitrogens with zero attached hydrogens (tertiary/aromatic N) is 5. The van der Waals surface area contributed by atoms with Gasteiger partial charge in [0.25, 0.3) is 9.84 Å². The predicted octanol–water partition coefficient (Wildman–Crippen LogP) is 3.48. The highest BCUT2D eigenvalue weighted by molar-refractivity contribution is 7.92. The Balaban J connectivity index is 0.880. The van der Waals surface area contributed by atoms with Crippen LogP contribution >= 0.6 is 0 Å². The third-order valence-corrected chi connectivity index (χ3v) is 10.8. The van der Waals surface area contributed by atoms with Gasteiger partial charge in [-0.2, -0.15) is 18.3 Å². The van der Waals surface area contributed by atoms with E-state index in [-0.39, 0.29) is 16.9 Å². The summed E-state index contributed by atoms with van der Waals surface area (Å²) in [5.41, 5.74) is -4.57. The number of benzene rings is 1. The summed E-state index contributed by atoms with van der Waals surface area (Å²) in [5.74, 6) is 2.90. The van der Waals surface area contributed by atoms with Gasteiger partial charge in [-0.25, -0.2) is 18.2 Å². The van der Waals surface area contributed by atoms with E-state index in [0.717, 1.165) is 69.2 Å². The molecule has 0 radical (unpaired) electrons. The maximum absolute atomic E-state index is 13.1. The van der Waals surface area contributed by atoms with Crippen LogP contribution in [0.4, 0.5) is 18.0 Å². The zero-order valence-corrected chi connectivity index (χ0v) is 22.3. The van der Waals surface area contributed by atoms with E-state index in [2.05, 4.69) is 20.1 Å². The van der Waals surface area contributed by atoms with E-state index in [4.69, 9.17) is 0 Å². The molecule has 39 heavy (non-hydrogen) atoms. The largest absolute Gasteiger partial charge is 0.501 e. The van der Waals surface area contributed by atoms with Crippen molar-refractivity contribution in [3.63, 3.8) is 0 Å². The number of alkyl halides is 3. The van der Waals surface area contributed by atoms with Crippen molar-refractivity contribution in [1.29, 1.82) is 0 Å². The number of carbonyl (C=O) groups excluding carboxylic acids is 1. The van der Waals surface area contributed by atoms with Crippen LogP contribution in [0.25, 0.3) is 0 Å². The number of aromatic nitrogens is 3. The molecular formula is C26H31F3N6O3S. The highest BCUT2D eigenvalue weighted by Gasteiger charge is 2.57. The lowest BCUT2D eigenvalue weighted by molar-refractivity contribution is -0.0698. The number of rotatable bonds is 5. The van der Waals surface area contributed by atoms with Crippen molar-refractivity contribution in [1.82, 2.24) is 29.9 Å². The number of halogens is 3. The Morgan fingerprint density at radius 1 is 1.03 bits per heavy atom. The van der Waals surface area contributed by atoms with Crippen molar-refractivity contribution in [3.05, 3.63) is 41.5 Å². The number of nitrogens with one attached hydrogen (secondary N) is 1. The van der Waals surface area contributed by atoms with Gasteiger partial charge in [-0.05, 0) is 56.3 Å². The SMILES string of the molecule is O=C(N1CC2(CC(c3nc(C4CC4)n[nH]3)C2)C1)N1CC2(CCN(Cc3cccc(S(=O)(=O)C(F)(F)F)c3)C2)C1. The molecule has 3 saturated heterocycles. The quantitative estimate of drug-likeness (QED) is 0.597. The Kier molecular flexibility index (Phi) is 5.46. The number of amides is 2. The average molecular weight is 565 g/mol. The first kappa shape index (κ1) is 25.3. The number of H-pyrrole nitrogens is 1. The lowest BCUT2D eigenvalue weighted by Gasteiger charge is -2.60. The lowest BCUT2D eigenvalue weighted by Crippen LogP contribution is -2.69. The molecule has 2 spiro atoms. The van der Waals surface area contributed by atoms with E-state index < -0.39 is 20.2 Å². The minimum absolute atomic E-state index is 0.000980. The van der Waals surface area contributed by atoms with Crippen molar-refractivity contribution in [2.24, 2.45) is 10.8 Å². The molecule has 5 aliphatic rings. The average Bonchev–Trinajstić information content (AvgIpc) is 3.39. The van der Waals surface area contributed by atoms with Crippen LogP contribution in [-0.4, -0.2) is 89.1 Å². The van der Waals surface area contributed by atoms with Gasteiger partial charge in [-0.1, -0.05) is 12.1 Å². The molecule has 0 bridgehead atoms. The summed E-state index contributed by atoms with van der Waals surface area (Å²) in [6, 6.07) is 5.19. The van der Waals surface area contributed by atoms with Gasteiger partial charge in [0.1, 0.15) is 5.82 Å². The smallest absolute Gasteiger partial charge is 0.323 e. The van der Waals surface area contributed by atoms with E-state index in [1.54, 1.807) is 6.07 Å². The van der Waals surface area contributed by atoms with Gasteiger partial charge in [-0.3, -0.25) is 10.00 Å². The normalized spacial score (nSPS) is 24.6. The van der Waals surface area contributed by atoms with Gasteiger partial charge in [0, 0.05) is 61.9 Å². The van der Waals surface area contributed by atoms with Crippen LogP contribution < -0.4 is 0 Å². The summed E-state index contributed by atoms with van der Waals surface area (Å²) in [4.78, 5) is 23.0. The van der Waals surface area contributed by atoms with Gasteiger partial charge in [-0.15, -0.1) is 0 Å². The van der Waals surface area contributed by atoms with Gasteiger partial charge in [0.2, 0.25) is 0 Å². The highest BCUT2D eigenvalue weighted by Crippen LogP contribution is 2.56. The topological polar surface area (TPSA) is 102 Å². The molecule has 1 N–H and O–H groups in total. The Morgan fingerprint density at radius 2 is 1.72 bits per heavy atom. The Hall–Kier alpha value is -2.67. The first-order valence-corrected chi connectivity index (χ1v) is 15.0. The van der Waals surface area contributed by atoms with Crippen LogP contribution in [0.5, 0.6) is 0 Å². The van der Waals surface area contributed by atoms with Crippen LogP contribution in [0.2, 0.25) is 0 Å². The fourth-order valence-corrected chi connectivity index (χ4v) is 7.88. The van der Waals surface area contributed by atoms with Crippen molar-refractivity contribution < 1.29 is 26.4 Å². The fourth-order valence-electron chi connectivity index (χ4n) is 7.05. The van der Waals surface area contributed by atoms with Crippen LogP contribution in [0.1, 0.15) is 61.2 Å². The zero-order chi connectivity index (χ0) is 27.2. The summed E-state index contributed by atoms with van der Waals surface area (Å²) in [6.07, 6.45) is 5.36. The first-order valence-electron chi connectivity index (χ1n) is 13.5. The summed E-state index contributed by atoms with van der Waals surface area (Å²) in [7, 11) is -5.37. The molecule has 9 nitrogen and oxygen atoms in total. The molecule has 7 rings (SSSR count). The molecule has 210 valence electrons. The highest BCUT2D eigenvalue weighted by atomic mass is 32.2. The van der Waals surface area contributed by atoms with Crippen LogP contribution in [0.15, 0.2) is 29.2 Å². The second-order valence-corrected chi connectivity index (χ2v) is 14.5. The molecule has 2 amide bonds. The van der Waals surface area contributed by atoms with Crippen LogP contribution in [-0.2, 0) is 16.4 Å². The lowest BCUT2D eigenvalue weighted by atomic mass is 9.57. The third kappa shape index (κ3) is 4.32. The molecule has 1 aromatic carbocycles. The van der Waals surface area contributed by atoms with Gasteiger partial charge in [0.15, 0.2) is 5.82 Å². The minimum Gasteiger partial charge on any atom is -0.323 e. The van der Waals surface area contributed by atoms with Crippen molar-refractivity contribution >= 4 is 15.9 Å². The van der Waals surface area contributed by atoms with Gasteiger partial charge >= 0.3 is 11.5 Å². The summed E-state index contributed by atoms with van der Waals surface area (Å²) in [5, 5.41) is 7.49. The van der Waals surface area contributed by atoms with E-state index >= 15 is 0 Å². The molecule has 2 saturated carbocycles. The second kappa shape index (κ2) is 8.42. The van der Waals surface area contributed by atoms with Crippen LogP contribution in [0.3, 0.4) is 0 Å². The number of hydrogen-bond acceptors (Lipinski definition) is 6. The molecule has 0 atom stereocenters. The van der Waals surface area contributed by atoms with Crippen molar-refractivity contribution in [3.8, 4) is 0 Å². The number of aromatic amines is 1. The van der Waals surface area contributed by atoms with E-state index in [1.807, 2.05) is 9.80 Å². The molecule has 4 heterocycles. The molecule has 3 aliphatic heterocycles. The molecule has 5 fully saturated rings. The second-order valence-electron chi connectivity index (χ2n) is 12.5. The predicted molar refractivity (Wildman–Crippen MR) is 133 cm³/mol. The number of sulfone groups is 1. The number of urea groups is 1.